The molecule has 0 bridgehead atoms. The van der Waals surface area contributed by atoms with Crippen LogP contribution in [0.3, 0.4) is 0 Å². The summed E-state index contributed by atoms with van der Waals surface area (Å²) in [6.45, 7) is 8.23. The number of H-pyrrole nitrogens is 1. The van der Waals surface area contributed by atoms with Gasteiger partial charge in [0.15, 0.2) is 5.65 Å². The molecule has 2 aromatic heterocycles. The average molecular weight is 348 g/mol. The lowest BCUT2D eigenvalue weighted by molar-refractivity contribution is 0.0955. The Hall–Kier alpha value is -1.37. The Kier molecular flexibility index (Phi) is 9.01. The van der Waals surface area contributed by atoms with E-state index in [1.807, 2.05) is 13.8 Å². The number of hydrogen-bond acceptors (Lipinski definition) is 4. The quantitative estimate of drug-likeness (QED) is 0.699. The molecule has 0 spiro atoms. The van der Waals surface area contributed by atoms with Gasteiger partial charge < -0.3 is 10.6 Å². The Bertz CT molecular complexity index is 615. The Labute approximate surface area is 142 Å². The molecule has 8 heteroatoms. The molecule has 0 aromatic carbocycles. The standard InChI is InChI=1S/C14H21N5O.2ClH/c1-4-5-15-6-7-16-14(20)11-8-9(2)17-13-12(11)10(3)18-19-13;;/h8,15H,4-7H2,1-3H3,(H,16,20)(H,17,18,19);2*1H. The number of aromatic amines is 1. The van der Waals surface area contributed by atoms with Crippen molar-refractivity contribution in [1.82, 2.24) is 25.8 Å². The molecule has 6 nitrogen and oxygen atoms in total. The molecule has 3 N–H and O–H groups in total. The number of fused-ring (bicyclic) bond motifs is 1. The van der Waals surface area contributed by atoms with E-state index in [1.165, 1.54) is 0 Å². The van der Waals surface area contributed by atoms with Crippen LogP contribution in [0.1, 0.15) is 35.1 Å². The molecule has 0 fully saturated rings. The van der Waals surface area contributed by atoms with Crippen molar-refractivity contribution < 1.29 is 4.79 Å². The van der Waals surface area contributed by atoms with Crippen molar-refractivity contribution in [2.24, 2.45) is 0 Å². The highest BCUT2D eigenvalue weighted by Crippen LogP contribution is 2.19. The molecule has 2 aromatic rings. The normalized spacial score (nSPS) is 9.95. The fraction of sp³-hybridized carbons (Fsp3) is 0.500. The Morgan fingerprint density at radius 3 is 2.64 bits per heavy atom. The van der Waals surface area contributed by atoms with Crippen LogP contribution in [-0.4, -0.2) is 40.7 Å². The summed E-state index contributed by atoms with van der Waals surface area (Å²) in [6.07, 6.45) is 1.09. The fourth-order valence-corrected chi connectivity index (χ4v) is 2.14. The molecule has 0 atom stereocenters. The molecular weight excluding hydrogens is 325 g/mol. The van der Waals surface area contributed by atoms with Gasteiger partial charge >= 0.3 is 0 Å². The molecule has 0 aliphatic heterocycles. The van der Waals surface area contributed by atoms with Crippen molar-refractivity contribution in [3.63, 3.8) is 0 Å². The number of hydrogen-bond donors (Lipinski definition) is 3. The lowest BCUT2D eigenvalue weighted by Crippen LogP contribution is -2.32. The first kappa shape index (κ1) is 20.6. The lowest BCUT2D eigenvalue weighted by Gasteiger charge is -2.08. The third-order valence-corrected chi connectivity index (χ3v) is 3.09. The number of carbonyl (C=O) groups is 1. The van der Waals surface area contributed by atoms with Gasteiger partial charge in [-0.1, -0.05) is 6.92 Å². The van der Waals surface area contributed by atoms with Crippen LogP contribution in [0, 0.1) is 13.8 Å². The maximum absolute atomic E-state index is 12.3. The minimum atomic E-state index is -0.0803. The maximum atomic E-state index is 12.3. The van der Waals surface area contributed by atoms with Gasteiger partial charge in [-0.2, -0.15) is 5.10 Å². The van der Waals surface area contributed by atoms with Gasteiger partial charge in [0.25, 0.3) is 5.91 Å². The smallest absolute Gasteiger partial charge is 0.252 e. The number of rotatable bonds is 6. The van der Waals surface area contributed by atoms with Crippen LogP contribution in [0.2, 0.25) is 0 Å². The molecule has 124 valence electrons. The maximum Gasteiger partial charge on any atom is 0.252 e. The Morgan fingerprint density at radius 1 is 1.23 bits per heavy atom. The summed E-state index contributed by atoms with van der Waals surface area (Å²) in [5.41, 5.74) is 2.88. The second-order valence-corrected chi connectivity index (χ2v) is 4.86. The number of nitrogens with one attached hydrogen (secondary N) is 3. The van der Waals surface area contributed by atoms with Crippen molar-refractivity contribution in [1.29, 1.82) is 0 Å². The summed E-state index contributed by atoms with van der Waals surface area (Å²) in [5, 5.41) is 14.0. The zero-order valence-electron chi connectivity index (χ0n) is 13.0. The zero-order valence-corrected chi connectivity index (χ0v) is 14.7. The number of nitrogens with zero attached hydrogens (tertiary/aromatic N) is 2. The highest BCUT2D eigenvalue weighted by molar-refractivity contribution is 6.06. The second kappa shape index (κ2) is 9.61. The van der Waals surface area contributed by atoms with Crippen LogP contribution in [-0.2, 0) is 0 Å². The van der Waals surface area contributed by atoms with Gasteiger partial charge in [0, 0.05) is 24.5 Å². The summed E-state index contributed by atoms with van der Waals surface area (Å²) in [4.78, 5) is 16.6. The van der Waals surface area contributed by atoms with Crippen LogP contribution in [0.4, 0.5) is 0 Å². The molecule has 0 aliphatic rings. The highest BCUT2D eigenvalue weighted by atomic mass is 35.5. The van der Waals surface area contributed by atoms with Gasteiger partial charge in [0.05, 0.1) is 10.9 Å². The molecular formula is C14H23Cl2N5O. The first-order valence-electron chi connectivity index (χ1n) is 6.94. The van der Waals surface area contributed by atoms with Crippen LogP contribution < -0.4 is 10.6 Å². The molecule has 0 saturated carbocycles. The molecule has 1 amide bonds. The number of carbonyl (C=O) groups excluding carboxylic acids is 1. The summed E-state index contributed by atoms with van der Waals surface area (Å²) >= 11 is 0. The second-order valence-electron chi connectivity index (χ2n) is 4.86. The van der Waals surface area contributed by atoms with Gasteiger partial charge in [0.1, 0.15) is 0 Å². The Morgan fingerprint density at radius 2 is 1.95 bits per heavy atom. The third-order valence-electron chi connectivity index (χ3n) is 3.09. The van der Waals surface area contributed by atoms with Gasteiger partial charge in [-0.25, -0.2) is 4.98 Å². The summed E-state index contributed by atoms with van der Waals surface area (Å²) in [7, 11) is 0. The monoisotopic (exact) mass is 347 g/mol. The minimum Gasteiger partial charge on any atom is -0.351 e. The first-order chi connectivity index (χ1) is 9.63. The van der Waals surface area contributed by atoms with E-state index in [1.54, 1.807) is 6.07 Å². The molecule has 0 unspecified atom stereocenters. The molecule has 0 aliphatic carbocycles. The van der Waals surface area contributed by atoms with Gasteiger partial charge in [-0.15, -0.1) is 24.8 Å². The van der Waals surface area contributed by atoms with Crippen molar-refractivity contribution in [2.75, 3.05) is 19.6 Å². The topological polar surface area (TPSA) is 82.7 Å². The molecule has 0 saturated heterocycles. The number of halogens is 2. The molecule has 2 rings (SSSR count). The van der Waals surface area contributed by atoms with Crippen molar-refractivity contribution in [2.45, 2.75) is 27.2 Å². The van der Waals surface area contributed by atoms with Gasteiger partial charge in [0.2, 0.25) is 0 Å². The predicted molar refractivity (Wildman–Crippen MR) is 93.4 cm³/mol. The largest absolute Gasteiger partial charge is 0.351 e. The summed E-state index contributed by atoms with van der Waals surface area (Å²) < 4.78 is 0. The average Bonchev–Trinajstić information content (AvgIpc) is 2.79. The van der Waals surface area contributed by atoms with E-state index in [9.17, 15) is 4.79 Å². The predicted octanol–water partition coefficient (Wildman–Crippen LogP) is 2.15. The van der Waals surface area contributed by atoms with E-state index in [-0.39, 0.29) is 30.7 Å². The van der Waals surface area contributed by atoms with Crippen LogP contribution >= 0.6 is 24.8 Å². The van der Waals surface area contributed by atoms with Crippen LogP contribution in [0.5, 0.6) is 0 Å². The number of aryl methyl sites for hydroxylation is 2. The van der Waals surface area contributed by atoms with Gasteiger partial charge in [-0.05, 0) is 32.9 Å². The van der Waals surface area contributed by atoms with E-state index in [4.69, 9.17) is 0 Å². The SMILES string of the molecule is CCCNCCNC(=O)c1cc(C)nc2n[nH]c(C)c12.Cl.Cl. The van der Waals surface area contributed by atoms with Crippen molar-refractivity contribution >= 4 is 41.8 Å². The minimum absolute atomic E-state index is 0. The van der Waals surface area contributed by atoms with Gasteiger partial charge in [-0.3, -0.25) is 9.89 Å². The van der Waals surface area contributed by atoms with Crippen LogP contribution in [0.15, 0.2) is 6.07 Å². The number of pyridine rings is 1. The molecule has 2 heterocycles. The molecule has 22 heavy (non-hydrogen) atoms. The third kappa shape index (κ3) is 4.83. The zero-order chi connectivity index (χ0) is 14.5. The summed E-state index contributed by atoms with van der Waals surface area (Å²) in [5.74, 6) is -0.0803. The first-order valence-corrected chi connectivity index (χ1v) is 6.94. The van der Waals surface area contributed by atoms with E-state index in [0.29, 0.717) is 17.8 Å². The Balaban J connectivity index is 0.00000220. The van der Waals surface area contributed by atoms with E-state index in [2.05, 4.69) is 32.7 Å². The fourth-order valence-electron chi connectivity index (χ4n) is 2.14. The van der Waals surface area contributed by atoms with E-state index in [0.717, 1.165) is 36.3 Å². The van der Waals surface area contributed by atoms with Crippen LogP contribution in [0.25, 0.3) is 11.0 Å². The van der Waals surface area contributed by atoms with Crippen molar-refractivity contribution in [3.05, 3.63) is 23.0 Å². The highest BCUT2D eigenvalue weighted by Gasteiger charge is 2.15. The van der Waals surface area contributed by atoms with Crippen molar-refractivity contribution in [3.8, 4) is 0 Å². The molecule has 0 radical (unpaired) electrons. The summed E-state index contributed by atoms with van der Waals surface area (Å²) in [6, 6.07) is 1.81. The lowest BCUT2D eigenvalue weighted by atomic mass is 10.1. The number of amides is 1. The van der Waals surface area contributed by atoms with E-state index < -0.39 is 0 Å². The number of aromatic nitrogens is 3. The van der Waals surface area contributed by atoms with E-state index >= 15 is 0 Å².